The Bertz CT molecular complexity index is 603. The Morgan fingerprint density at radius 3 is 3.07 bits per heavy atom. The van der Waals surface area contributed by atoms with E-state index in [0.717, 1.165) is 0 Å². The van der Waals surface area contributed by atoms with E-state index in [1.54, 1.807) is 18.3 Å². The summed E-state index contributed by atoms with van der Waals surface area (Å²) in [4.78, 5) is 5.27. The van der Waals surface area contributed by atoms with E-state index in [9.17, 15) is 5.11 Å². The molecule has 3 rings (SSSR count). The quantitative estimate of drug-likeness (QED) is 0.672. The van der Waals surface area contributed by atoms with Crippen molar-refractivity contribution >= 4 is 21.6 Å². The minimum absolute atomic E-state index is 0.0931. The average Bonchev–Trinajstić information content (AvgIpc) is 2.87. The lowest BCUT2D eigenvalue weighted by Gasteiger charge is -1.85. The molecule has 0 atom stereocenters. The number of hydrogen-bond donors (Lipinski definition) is 1. The summed E-state index contributed by atoms with van der Waals surface area (Å²) in [6.07, 6.45) is 1.65. The normalized spacial score (nSPS) is 10.9. The van der Waals surface area contributed by atoms with E-state index < -0.39 is 0 Å². The molecule has 7 heteroatoms. The summed E-state index contributed by atoms with van der Waals surface area (Å²) >= 11 is 1.27. The fourth-order valence-electron chi connectivity index (χ4n) is 1.32. The highest BCUT2D eigenvalue weighted by atomic mass is 32.1. The molecule has 6 nitrogen and oxygen atoms in total. The standard InChI is InChI=1S/C8H4N5OS/c14-5-4-2-1-3-9-8(4)15-6(5)7-10-12-13-11-7/h1-3H,(H,10,11,12,13). The molecule has 0 amide bonds. The maximum Gasteiger partial charge on any atom is 0.218 e. The summed E-state index contributed by atoms with van der Waals surface area (Å²) in [6.45, 7) is 0. The first-order valence-corrected chi connectivity index (χ1v) is 4.96. The Morgan fingerprint density at radius 1 is 1.40 bits per heavy atom. The molecule has 0 aliphatic rings. The van der Waals surface area contributed by atoms with Gasteiger partial charge in [0, 0.05) is 6.20 Å². The second-order valence-corrected chi connectivity index (χ2v) is 3.85. The van der Waals surface area contributed by atoms with Crippen LogP contribution in [0.1, 0.15) is 0 Å². The maximum absolute atomic E-state index is 11.9. The van der Waals surface area contributed by atoms with Crippen LogP contribution in [0.4, 0.5) is 0 Å². The van der Waals surface area contributed by atoms with E-state index in [-0.39, 0.29) is 5.75 Å². The fourth-order valence-corrected chi connectivity index (χ4v) is 2.27. The van der Waals surface area contributed by atoms with Crippen LogP contribution < -0.4 is 0 Å². The van der Waals surface area contributed by atoms with E-state index in [0.29, 0.717) is 20.9 Å². The van der Waals surface area contributed by atoms with Gasteiger partial charge in [-0.05, 0) is 17.3 Å². The molecule has 1 N–H and O–H groups in total. The number of thiophene rings is 1. The van der Waals surface area contributed by atoms with Crippen molar-refractivity contribution in [2.75, 3.05) is 0 Å². The number of hydrogen-bond acceptors (Lipinski definition) is 5. The Kier molecular flexibility index (Phi) is 1.65. The Labute approximate surface area is 87.6 Å². The Morgan fingerprint density at radius 2 is 2.33 bits per heavy atom. The molecule has 73 valence electrons. The molecule has 0 saturated heterocycles. The Hall–Kier alpha value is -2.02. The summed E-state index contributed by atoms with van der Waals surface area (Å²) in [5.41, 5.74) is 0. The molecular formula is C8H4N5OS. The summed E-state index contributed by atoms with van der Waals surface area (Å²) in [5.74, 6) is 0.229. The molecule has 3 heterocycles. The topological polar surface area (TPSA) is 87.2 Å². The van der Waals surface area contributed by atoms with Gasteiger partial charge in [-0.25, -0.2) is 4.98 Å². The van der Waals surface area contributed by atoms with Gasteiger partial charge in [-0.2, -0.15) is 5.21 Å². The molecule has 0 aliphatic heterocycles. The summed E-state index contributed by atoms with van der Waals surface area (Å²) < 4.78 is 0. The van der Waals surface area contributed by atoms with Gasteiger partial charge >= 0.3 is 0 Å². The van der Waals surface area contributed by atoms with Gasteiger partial charge in [0.25, 0.3) is 0 Å². The van der Waals surface area contributed by atoms with Crippen molar-refractivity contribution in [1.82, 2.24) is 25.6 Å². The summed E-state index contributed by atoms with van der Waals surface area (Å²) in [6, 6.07) is 3.47. The van der Waals surface area contributed by atoms with Crippen molar-refractivity contribution < 1.29 is 5.11 Å². The zero-order chi connectivity index (χ0) is 10.3. The number of H-pyrrole nitrogens is 1. The minimum Gasteiger partial charge on any atom is -0.287 e. The van der Waals surface area contributed by atoms with Crippen LogP contribution in [-0.2, 0) is 5.11 Å². The molecular weight excluding hydrogens is 214 g/mol. The predicted molar refractivity (Wildman–Crippen MR) is 52.9 cm³/mol. The van der Waals surface area contributed by atoms with Crippen molar-refractivity contribution in [3.8, 4) is 16.5 Å². The zero-order valence-corrected chi connectivity index (χ0v) is 8.15. The number of nitrogens with one attached hydrogen (secondary N) is 1. The largest absolute Gasteiger partial charge is 0.287 e. The van der Waals surface area contributed by atoms with E-state index in [4.69, 9.17) is 0 Å². The zero-order valence-electron chi connectivity index (χ0n) is 7.34. The van der Waals surface area contributed by atoms with Gasteiger partial charge in [-0.15, -0.1) is 21.5 Å². The lowest BCUT2D eigenvalue weighted by atomic mass is 10.3. The minimum atomic E-state index is -0.0931. The molecule has 1 radical (unpaired) electrons. The van der Waals surface area contributed by atoms with Gasteiger partial charge in [0.2, 0.25) is 11.6 Å². The van der Waals surface area contributed by atoms with Crippen LogP contribution in [0.2, 0.25) is 0 Å². The van der Waals surface area contributed by atoms with Crippen molar-refractivity contribution in [3.63, 3.8) is 0 Å². The molecule has 3 aromatic rings. The van der Waals surface area contributed by atoms with Gasteiger partial charge in [-0.1, -0.05) is 0 Å². The predicted octanol–water partition coefficient (Wildman–Crippen LogP) is 1.62. The summed E-state index contributed by atoms with van der Waals surface area (Å²) in [5, 5.41) is 25.8. The lowest BCUT2D eigenvalue weighted by molar-refractivity contribution is 0.363. The van der Waals surface area contributed by atoms with Gasteiger partial charge < -0.3 is 0 Å². The highest BCUT2D eigenvalue weighted by Crippen LogP contribution is 2.41. The van der Waals surface area contributed by atoms with Gasteiger partial charge in [0.1, 0.15) is 9.71 Å². The Balaban J connectivity index is 2.33. The van der Waals surface area contributed by atoms with Crippen LogP contribution in [0.25, 0.3) is 20.9 Å². The monoisotopic (exact) mass is 218 g/mol. The SMILES string of the molecule is [O]c1c(-c2nn[nH]n2)sc2ncccc12. The van der Waals surface area contributed by atoms with Crippen LogP contribution in [0.5, 0.6) is 5.75 Å². The molecule has 0 aliphatic carbocycles. The van der Waals surface area contributed by atoms with E-state index in [1.165, 1.54) is 11.3 Å². The third-order valence-corrected chi connectivity index (χ3v) is 3.06. The van der Waals surface area contributed by atoms with Crippen molar-refractivity contribution in [3.05, 3.63) is 18.3 Å². The fraction of sp³-hybridized carbons (Fsp3) is 0. The van der Waals surface area contributed by atoms with E-state index >= 15 is 0 Å². The molecule has 0 unspecified atom stereocenters. The number of aromatic amines is 1. The molecule has 15 heavy (non-hydrogen) atoms. The van der Waals surface area contributed by atoms with Gasteiger partial charge in [-0.3, -0.25) is 5.11 Å². The second-order valence-electron chi connectivity index (χ2n) is 2.85. The van der Waals surface area contributed by atoms with Crippen LogP contribution in [0.15, 0.2) is 18.3 Å². The van der Waals surface area contributed by atoms with Crippen molar-refractivity contribution in [1.29, 1.82) is 0 Å². The number of aromatic nitrogens is 5. The molecule has 0 aromatic carbocycles. The third-order valence-electron chi connectivity index (χ3n) is 1.97. The van der Waals surface area contributed by atoms with Crippen LogP contribution >= 0.6 is 11.3 Å². The van der Waals surface area contributed by atoms with Gasteiger partial charge in [0.05, 0.1) is 5.39 Å². The molecule has 0 fully saturated rings. The lowest BCUT2D eigenvalue weighted by Crippen LogP contribution is -1.74. The van der Waals surface area contributed by atoms with E-state index in [2.05, 4.69) is 25.6 Å². The molecule has 3 aromatic heterocycles. The number of pyridine rings is 1. The summed E-state index contributed by atoms with van der Waals surface area (Å²) in [7, 11) is 0. The second kappa shape index (κ2) is 2.99. The van der Waals surface area contributed by atoms with Crippen molar-refractivity contribution in [2.24, 2.45) is 0 Å². The smallest absolute Gasteiger partial charge is 0.218 e. The van der Waals surface area contributed by atoms with Crippen molar-refractivity contribution in [2.45, 2.75) is 0 Å². The molecule has 0 bridgehead atoms. The number of tetrazole rings is 1. The highest BCUT2D eigenvalue weighted by molar-refractivity contribution is 7.22. The average molecular weight is 218 g/mol. The molecule has 0 saturated carbocycles. The van der Waals surface area contributed by atoms with Gasteiger partial charge in [0.15, 0.2) is 0 Å². The first-order valence-electron chi connectivity index (χ1n) is 4.14. The van der Waals surface area contributed by atoms with Crippen LogP contribution in [-0.4, -0.2) is 25.6 Å². The third kappa shape index (κ3) is 1.17. The highest BCUT2D eigenvalue weighted by Gasteiger charge is 2.18. The number of nitrogens with zero attached hydrogens (tertiary/aromatic N) is 4. The molecule has 0 spiro atoms. The maximum atomic E-state index is 11.9. The number of rotatable bonds is 1. The van der Waals surface area contributed by atoms with E-state index in [1.807, 2.05) is 0 Å². The first kappa shape index (κ1) is 8.30. The number of fused-ring (bicyclic) bond motifs is 1. The van der Waals surface area contributed by atoms with Crippen LogP contribution in [0, 0.1) is 0 Å². The first-order chi connectivity index (χ1) is 7.36. The van der Waals surface area contributed by atoms with Crippen LogP contribution in [0.3, 0.4) is 0 Å².